The first-order valence-electron chi connectivity index (χ1n) is 7.16. The minimum absolute atomic E-state index is 0.0215. The zero-order valence-corrected chi connectivity index (χ0v) is 13.2. The lowest BCUT2D eigenvalue weighted by atomic mass is 10.1. The van der Waals surface area contributed by atoms with Crippen LogP contribution in [0.5, 0.6) is 11.5 Å². The summed E-state index contributed by atoms with van der Waals surface area (Å²) in [5, 5.41) is 2.09. The second-order valence-corrected chi connectivity index (χ2v) is 4.90. The van der Waals surface area contributed by atoms with E-state index in [4.69, 9.17) is 9.47 Å². The highest BCUT2D eigenvalue weighted by Gasteiger charge is 2.35. The Morgan fingerprint density at radius 1 is 1.30 bits per heavy atom. The number of ether oxygens (including phenoxy) is 2. The van der Waals surface area contributed by atoms with Gasteiger partial charge in [0.05, 0.1) is 13.7 Å². The van der Waals surface area contributed by atoms with Crippen LogP contribution in [0.3, 0.4) is 0 Å². The first-order chi connectivity index (χ1) is 11.0. The maximum absolute atomic E-state index is 11.8. The van der Waals surface area contributed by atoms with E-state index in [1.165, 1.54) is 20.1 Å². The van der Waals surface area contributed by atoms with Crippen LogP contribution >= 0.6 is 0 Å². The van der Waals surface area contributed by atoms with Gasteiger partial charge in [-0.25, -0.2) is 9.69 Å². The number of hydrogen-bond donors (Lipinski definition) is 1. The standard InChI is InChI=1S/C16H18N2O5/c1-4-7-23-13-6-5-11(9-14(13)22-3)8-12-15(20)17-16(21)18(12)10(2)19/h5-6,8-9H,4,7H2,1-3H3,(H,17,20,21)/b12-8+. The molecule has 1 saturated heterocycles. The number of urea groups is 1. The molecule has 0 atom stereocenters. The summed E-state index contributed by atoms with van der Waals surface area (Å²) >= 11 is 0. The zero-order valence-electron chi connectivity index (χ0n) is 13.2. The Hall–Kier alpha value is -2.83. The van der Waals surface area contributed by atoms with Gasteiger partial charge in [-0.2, -0.15) is 0 Å². The third kappa shape index (κ3) is 3.50. The molecule has 1 heterocycles. The fourth-order valence-corrected chi connectivity index (χ4v) is 2.13. The maximum Gasteiger partial charge on any atom is 0.335 e. The van der Waals surface area contributed by atoms with E-state index < -0.39 is 17.8 Å². The van der Waals surface area contributed by atoms with E-state index in [9.17, 15) is 14.4 Å². The lowest BCUT2D eigenvalue weighted by molar-refractivity contribution is -0.125. The summed E-state index contributed by atoms with van der Waals surface area (Å²) in [5.41, 5.74) is 0.587. The highest BCUT2D eigenvalue weighted by molar-refractivity contribution is 6.19. The number of methoxy groups -OCH3 is 1. The highest BCUT2D eigenvalue weighted by Crippen LogP contribution is 2.29. The molecule has 1 fully saturated rings. The molecule has 0 aromatic heterocycles. The van der Waals surface area contributed by atoms with Crippen LogP contribution in [-0.2, 0) is 9.59 Å². The quantitative estimate of drug-likeness (QED) is 0.662. The number of carbonyl (C=O) groups excluding carboxylic acids is 3. The third-order valence-electron chi connectivity index (χ3n) is 3.16. The third-order valence-corrected chi connectivity index (χ3v) is 3.16. The predicted molar refractivity (Wildman–Crippen MR) is 82.8 cm³/mol. The van der Waals surface area contributed by atoms with Gasteiger partial charge in [0, 0.05) is 6.92 Å². The van der Waals surface area contributed by atoms with Gasteiger partial charge in [-0.05, 0) is 30.2 Å². The SMILES string of the molecule is CCCOc1ccc(/C=C2\C(=O)NC(=O)N2C(C)=O)cc1OC. The number of amides is 4. The van der Waals surface area contributed by atoms with Crippen molar-refractivity contribution in [1.82, 2.24) is 10.2 Å². The number of carbonyl (C=O) groups is 3. The van der Waals surface area contributed by atoms with Gasteiger partial charge in [-0.3, -0.25) is 14.9 Å². The highest BCUT2D eigenvalue weighted by atomic mass is 16.5. The molecular weight excluding hydrogens is 300 g/mol. The summed E-state index contributed by atoms with van der Waals surface area (Å²) in [7, 11) is 1.51. The number of rotatable bonds is 5. The number of hydrogen-bond acceptors (Lipinski definition) is 5. The molecule has 0 spiro atoms. The van der Waals surface area contributed by atoms with Gasteiger partial charge in [0.1, 0.15) is 5.70 Å². The maximum atomic E-state index is 11.8. The average Bonchev–Trinajstić information content (AvgIpc) is 2.79. The van der Waals surface area contributed by atoms with Gasteiger partial charge in [-0.15, -0.1) is 0 Å². The van der Waals surface area contributed by atoms with Gasteiger partial charge in [0.15, 0.2) is 11.5 Å². The Bertz CT molecular complexity index is 681. The summed E-state index contributed by atoms with van der Waals surface area (Å²) in [5.74, 6) is -0.0521. The summed E-state index contributed by atoms with van der Waals surface area (Å²) in [6.07, 6.45) is 2.32. The molecule has 0 unspecified atom stereocenters. The molecule has 1 aromatic carbocycles. The smallest absolute Gasteiger partial charge is 0.335 e. The van der Waals surface area contributed by atoms with Crippen molar-refractivity contribution in [2.24, 2.45) is 0 Å². The lowest BCUT2D eigenvalue weighted by Crippen LogP contribution is -2.31. The van der Waals surface area contributed by atoms with E-state index in [2.05, 4.69) is 5.32 Å². The van der Waals surface area contributed by atoms with Crippen molar-refractivity contribution in [3.63, 3.8) is 0 Å². The Morgan fingerprint density at radius 3 is 2.65 bits per heavy atom. The molecule has 7 nitrogen and oxygen atoms in total. The molecule has 7 heteroatoms. The number of imide groups is 2. The van der Waals surface area contributed by atoms with Crippen molar-refractivity contribution < 1.29 is 23.9 Å². The first kappa shape index (κ1) is 16.5. The summed E-state index contributed by atoms with van der Waals surface area (Å²) < 4.78 is 10.8. The Labute approximate surface area is 133 Å². The van der Waals surface area contributed by atoms with Gasteiger partial charge < -0.3 is 9.47 Å². The zero-order chi connectivity index (χ0) is 17.0. The second-order valence-electron chi connectivity index (χ2n) is 4.90. The van der Waals surface area contributed by atoms with E-state index in [0.29, 0.717) is 23.7 Å². The molecule has 122 valence electrons. The fourth-order valence-electron chi connectivity index (χ4n) is 2.13. The van der Waals surface area contributed by atoms with Crippen LogP contribution in [-0.4, -0.2) is 36.5 Å². The van der Waals surface area contributed by atoms with E-state index >= 15 is 0 Å². The Morgan fingerprint density at radius 2 is 2.04 bits per heavy atom. The monoisotopic (exact) mass is 318 g/mol. The molecule has 1 aliphatic heterocycles. The molecule has 1 N–H and O–H groups in total. The minimum Gasteiger partial charge on any atom is -0.493 e. The summed E-state index contributed by atoms with van der Waals surface area (Å²) in [4.78, 5) is 35.8. The number of nitrogens with one attached hydrogen (secondary N) is 1. The van der Waals surface area contributed by atoms with Crippen LogP contribution in [0.25, 0.3) is 6.08 Å². The van der Waals surface area contributed by atoms with Crippen molar-refractivity contribution in [3.8, 4) is 11.5 Å². The molecule has 0 aliphatic carbocycles. The van der Waals surface area contributed by atoms with Gasteiger partial charge in [0.25, 0.3) is 5.91 Å². The number of nitrogens with zero attached hydrogens (tertiary/aromatic N) is 1. The molecular formula is C16H18N2O5. The molecule has 0 radical (unpaired) electrons. The topological polar surface area (TPSA) is 84.9 Å². The van der Waals surface area contributed by atoms with Gasteiger partial charge in [-0.1, -0.05) is 13.0 Å². The molecule has 0 bridgehead atoms. The minimum atomic E-state index is -0.747. The predicted octanol–water partition coefficient (Wildman–Crippen LogP) is 1.92. The average molecular weight is 318 g/mol. The van der Waals surface area contributed by atoms with E-state index in [1.807, 2.05) is 6.92 Å². The molecule has 4 amide bonds. The Balaban J connectivity index is 2.36. The molecule has 23 heavy (non-hydrogen) atoms. The second kappa shape index (κ2) is 6.95. The van der Waals surface area contributed by atoms with E-state index in [1.54, 1.807) is 18.2 Å². The van der Waals surface area contributed by atoms with Crippen molar-refractivity contribution in [2.75, 3.05) is 13.7 Å². The molecule has 2 rings (SSSR count). The van der Waals surface area contributed by atoms with E-state index in [0.717, 1.165) is 11.3 Å². The summed E-state index contributed by atoms with van der Waals surface area (Å²) in [6.45, 7) is 3.78. The largest absolute Gasteiger partial charge is 0.493 e. The fraction of sp³-hybridized carbons (Fsp3) is 0.312. The van der Waals surface area contributed by atoms with Gasteiger partial charge >= 0.3 is 6.03 Å². The van der Waals surface area contributed by atoms with Crippen LogP contribution in [0.2, 0.25) is 0 Å². The van der Waals surface area contributed by atoms with Crippen LogP contribution in [0, 0.1) is 0 Å². The van der Waals surface area contributed by atoms with Crippen LogP contribution in [0.15, 0.2) is 23.9 Å². The lowest BCUT2D eigenvalue weighted by Gasteiger charge is -2.12. The van der Waals surface area contributed by atoms with Crippen molar-refractivity contribution in [2.45, 2.75) is 20.3 Å². The molecule has 1 aromatic rings. The van der Waals surface area contributed by atoms with Crippen molar-refractivity contribution >= 4 is 23.9 Å². The first-order valence-corrected chi connectivity index (χ1v) is 7.16. The van der Waals surface area contributed by atoms with Crippen molar-refractivity contribution in [1.29, 1.82) is 0 Å². The molecule has 0 saturated carbocycles. The normalized spacial score (nSPS) is 15.8. The Kier molecular flexibility index (Phi) is 5.00. The van der Waals surface area contributed by atoms with Crippen molar-refractivity contribution in [3.05, 3.63) is 29.5 Å². The van der Waals surface area contributed by atoms with Crippen LogP contribution in [0.1, 0.15) is 25.8 Å². The van der Waals surface area contributed by atoms with E-state index in [-0.39, 0.29) is 5.70 Å². The molecule has 1 aliphatic rings. The van der Waals surface area contributed by atoms with Crippen LogP contribution in [0.4, 0.5) is 4.79 Å². The summed E-state index contributed by atoms with van der Waals surface area (Å²) in [6, 6.07) is 4.36. The number of benzene rings is 1. The van der Waals surface area contributed by atoms with Crippen LogP contribution < -0.4 is 14.8 Å². The van der Waals surface area contributed by atoms with Gasteiger partial charge in [0.2, 0.25) is 5.91 Å².